The van der Waals surface area contributed by atoms with E-state index in [1.807, 2.05) is 42.5 Å². The van der Waals surface area contributed by atoms with Gasteiger partial charge in [-0.15, -0.1) is 0 Å². The van der Waals surface area contributed by atoms with Crippen molar-refractivity contribution in [2.45, 2.75) is 6.92 Å². The Morgan fingerprint density at radius 3 is 2.39 bits per heavy atom. The van der Waals surface area contributed by atoms with Gasteiger partial charge in [0.15, 0.2) is 0 Å². The number of nitrogens with one attached hydrogen (secondary N) is 2. The summed E-state index contributed by atoms with van der Waals surface area (Å²) in [5, 5.41) is 9.43. The normalized spacial score (nSPS) is 10.3. The molecule has 0 aliphatic heterocycles. The Morgan fingerprint density at radius 2 is 1.74 bits per heavy atom. The quantitative estimate of drug-likeness (QED) is 0.754. The summed E-state index contributed by atoms with van der Waals surface area (Å²) in [4.78, 5) is 11.8. The van der Waals surface area contributed by atoms with Crippen molar-refractivity contribution in [1.29, 1.82) is 0 Å². The van der Waals surface area contributed by atoms with E-state index in [2.05, 4.69) is 27.9 Å². The van der Waals surface area contributed by atoms with Crippen molar-refractivity contribution in [3.05, 3.63) is 66.4 Å². The van der Waals surface area contributed by atoms with Gasteiger partial charge < -0.3 is 9.84 Å². The smallest absolute Gasteiger partial charge is 0.246 e. The standard InChI is InChI=1S/C18H17N3O2/c1-13-11-18(23-21-13)20-17(22)12-19-16-9-7-15(8-10-16)14-5-3-2-4-6-14/h2-11,19H,12H2,1H3,(H,20,22). The van der Waals surface area contributed by atoms with Crippen LogP contribution in [0.3, 0.4) is 0 Å². The van der Waals surface area contributed by atoms with E-state index < -0.39 is 0 Å². The number of aromatic nitrogens is 1. The van der Waals surface area contributed by atoms with Crippen LogP contribution in [0.15, 0.2) is 65.2 Å². The third-order valence-electron chi connectivity index (χ3n) is 3.34. The van der Waals surface area contributed by atoms with E-state index in [1.165, 1.54) is 0 Å². The molecule has 5 heteroatoms. The fourth-order valence-corrected chi connectivity index (χ4v) is 2.20. The number of amides is 1. The van der Waals surface area contributed by atoms with Gasteiger partial charge in [0.1, 0.15) is 0 Å². The number of hydrogen-bond donors (Lipinski definition) is 2. The average Bonchev–Trinajstić information content (AvgIpc) is 2.99. The Morgan fingerprint density at radius 1 is 1.04 bits per heavy atom. The maximum atomic E-state index is 11.8. The molecule has 0 bridgehead atoms. The van der Waals surface area contributed by atoms with Crippen LogP contribution in [0.2, 0.25) is 0 Å². The maximum absolute atomic E-state index is 11.8. The van der Waals surface area contributed by atoms with Gasteiger partial charge in [-0.1, -0.05) is 47.6 Å². The number of aryl methyl sites for hydroxylation is 1. The second-order valence-electron chi connectivity index (χ2n) is 5.18. The van der Waals surface area contributed by atoms with E-state index >= 15 is 0 Å². The molecule has 116 valence electrons. The predicted octanol–water partition coefficient (Wildman–Crippen LogP) is 3.70. The third kappa shape index (κ3) is 3.97. The Labute approximate surface area is 134 Å². The van der Waals surface area contributed by atoms with Crippen molar-refractivity contribution in [2.24, 2.45) is 0 Å². The summed E-state index contributed by atoms with van der Waals surface area (Å²) in [6.45, 7) is 1.95. The molecule has 0 unspecified atom stereocenters. The van der Waals surface area contributed by atoms with Gasteiger partial charge in [-0.3, -0.25) is 10.1 Å². The fraction of sp³-hybridized carbons (Fsp3) is 0.111. The van der Waals surface area contributed by atoms with Crippen molar-refractivity contribution in [2.75, 3.05) is 17.2 Å². The van der Waals surface area contributed by atoms with Gasteiger partial charge in [-0.2, -0.15) is 0 Å². The molecular weight excluding hydrogens is 290 g/mol. The minimum absolute atomic E-state index is 0.157. The number of rotatable bonds is 5. The summed E-state index contributed by atoms with van der Waals surface area (Å²) in [5.74, 6) is 0.169. The van der Waals surface area contributed by atoms with Gasteiger partial charge in [0, 0.05) is 11.8 Å². The predicted molar refractivity (Wildman–Crippen MR) is 90.2 cm³/mol. The lowest BCUT2D eigenvalue weighted by Gasteiger charge is -2.07. The number of carbonyl (C=O) groups excluding carboxylic acids is 1. The van der Waals surface area contributed by atoms with Crippen LogP contribution in [0, 0.1) is 6.92 Å². The van der Waals surface area contributed by atoms with Crippen LogP contribution in [-0.4, -0.2) is 17.6 Å². The summed E-state index contributed by atoms with van der Waals surface area (Å²) in [6.07, 6.45) is 0. The molecule has 1 aromatic heterocycles. The van der Waals surface area contributed by atoms with E-state index in [0.29, 0.717) is 5.88 Å². The summed E-state index contributed by atoms with van der Waals surface area (Å²) in [6, 6.07) is 19.8. The lowest BCUT2D eigenvalue weighted by molar-refractivity contribution is -0.114. The van der Waals surface area contributed by atoms with Crippen molar-refractivity contribution >= 4 is 17.5 Å². The molecule has 3 rings (SSSR count). The highest BCUT2D eigenvalue weighted by Gasteiger charge is 2.06. The van der Waals surface area contributed by atoms with Gasteiger partial charge in [0.25, 0.3) is 0 Å². The first kappa shape index (κ1) is 14.8. The minimum Gasteiger partial charge on any atom is -0.376 e. The molecule has 2 aromatic carbocycles. The van der Waals surface area contributed by atoms with E-state index in [4.69, 9.17) is 4.52 Å². The lowest BCUT2D eigenvalue weighted by Crippen LogP contribution is -2.21. The Balaban J connectivity index is 1.55. The van der Waals surface area contributed by atoms with Gasteiger partial charge in [-0.05, 0) is 30.2 Å². The molecule has 1 amide bonds. The van der Waals surface area contributed by atoms with Crippen LogP contribution in [0.25, 0.3) is 11.1 Å². The number of carbonyl (C=O) groups is 1. The van der Waals surface area contributed by atoms with Crippen LogP contribution in [0.1, 0.15) is 5.69 Å². The number of hydrogen-bond acceptors (Lipinski definition) is 4. The van der Waals surface area contributed by atoms with E-state index in [1.54, 1.807) is 13.0 Å². The van der Waals surface area contributed by atoms with Gasteiger partial charge in [-0.25, -0.2) is 0 Å². The van der Waals surface area contributed by atoms with Gasteiger partial charge in [0.05, 0.1) is 12.2 Å². The van der Waals surface area contributed by atoms with Crippen LogP contribution in [0.4, 0.5) is 11.6 Å². The van der Waals surface area contributed by atoms with Crippen LogP contribution >= 0.6 is 0 Å². The molecule has 0 aliphatic rings. The SMILES string of the molecule is Cc1cc(NC(=O)CNc2ccc(-c3ccccc3)cc2)on1. The van der Waals surface area contributed by atoms with Crippen molar-refractivity contribution < 1.29 is 9.32 Å². The number of anilines is 2. The molecule has 2 N–H and O–H groups in total. The van der Waals surface area contributed by atoms with Crippen molar-refractivity contribution in [3.63, 3.8) is 0 Å². The van der Waals surface area contributed by atoms with E-state index in [9.17, 15) is 4.79 Å². The molecule has 0 spiro atoms. The number of nitrogens with zero attached hydrogens (tertiary/aromatic N) is 1. The number of benzene rings is 2. The molecule has 0 saturated carbocycles. The van der Waals surface area contributed by atoms with E-state index in [0.717, 1.165) is 22.5 Å². The van der Waals surface area contributed by atoms with Crippen LogP contribution in [-0.2, 0) is 4.79 Å². The van der Waals surface area contributed by atoms with Crippen molar-refractivity contribution in [3.8, 4) is 11.1 Å². The Bertz CT molecular complexity index is 780. The topological polar surface area (TPSA) is 67.2 Å². The van der Waals surface area contributed by atoms with Gasteiger partial charge in [0.2, 0.25) is 11.8 Å². The highest BCUT2D eigenvalue weighted by molar-refractivity contribution is 5.92. The molecule has 0 saturated heterocycles. The van der Waals surface area contributed by atoms with Gasteiger partial charge >= 0.3 is 0 Å². The zero-order chi connectivity index (χ0) is 16.1. The molecular formula is C18H17N3O2. The molecule has 23 heavy (non-hydrogen) atoms. The molecule has 0 aliphatic carbocycles. The van der Waals surface area contributed by atoms with Crippen LogP contribution < -0.4 is 10.6 Å². The molecule has 0 radical (unpaired) electrons. The third-order valence-corrected chi connectivity index (χ3v) is 3.34. The largest absolute Gasteiger partial charge is 0.376 e. The maximum Gasteiger partial charge on any atom is 0.246 e. The van der Waals surface area contributed by atoms with E-state index in [-0.39, 0.29) is 12.5 Å². The summed E-state index contributed by atoms with van der Waals surface area (Å²) >= 11 is 0. The lowest BCUT2D eigenvalue weighted by atomic mass is 10.1. The summed E-state index contributed by atoms with van der Waals surface area (Å²) in [7, 11) is 0. The molecule has 1 heterocycles. The zero-order valence-corrected chi connectivity index (χ0v) is 12.7. The Hall–Kier alpha value is -3.08. The average molecular weight is 307 g/mol. The first-order valence-electron chi connectivity index (χ1n) is 7.33. The molecule has 0 fully saturated rings. The van der Waals surface area contributed by atoms with Crippen molar-refractivity contribution in [1.82, 2.24) is 5.16 Å². The Kier molecular flexibility index (Phi) is 4.38. The first-order chi connectivity index (χ1) is 11.2. The molecule has 0 atom stereocenters. The van der Waals surface area contributed by atoms with Crippen LogP contribution in [0.5, 0.6) is 0 Å². The molecule has 3 aromatic rings. The minimum atomic E-state index is -0.187. The first-order valence-corrected chi connectivity index (χ1v) is 7.33. The second kappa shape index (κ2) is 6.79. The second-order valence-corrected chi connectivity index (χ2v) is 5.18. The highest BCUT2D eigenvalue weighted by atomic mass is 16.5. The molecule has 5 nitrogen and oxygen atoms in total. The summed E-state index contributed by atoms with van der Waals surface area (Å²) < 4.78 is 4.94. The zero-order valence-electron chi connectivity index (χ0n) is 12.7. The highest BCUT2D eigenvalue weighted by Crippen LogP contribution is 2.20. The summed E-state index contributed by atoms with van der Waals surface area (Å²) in [5.41, 5.74) is 3.91. The fourth-order valence-electron chi connectivity index (χ4n) is 2.20. The monoisotopic (exact) mass is 307 g/mol.